The lowest BCUT2D eigenvalue weighted by molar-refractivity contribution is -0.139. The van der Waals surface area contributed by atoms with Crippen LogP contribution in [0.15, 0.2) is 41.3 Å². The quantitative estimate of drug-likeness (QED) is 0.514. The van der Waals surface area contributed by atoms with Gasteiger partial charge in [0.15, 0.2) is 15.7 Å². The van der Waals surface area contributed by atoms with E-state index in [0.29, 0.717) is 17.0 Å². The third-order valence-electron chi connectivity index (χ3n) is 7.08. The van der Waals surface area contributed by atoms with E-state index in [9.17, 15) is 21.6 Å². The lowest BCUT2D eigenvalue weighted by Crippen LogP contribution is -2.49. The lowest BCUT2D eigenvalue weighted by atomic mass is 9.87. The molecule has 192 valence electrons. The van der Waals surface area contributed by atoms with Gasteiger partial charge in [0, 0.05) is 31.5 Å². The minimum absolute atomic E-state index is 0.144. The van der Waals surface area contributed by atoms with Crippen LogP contribution >= 0.6 is 0 Å². The van der Waals surface area contributed by atoms with E-state index in [1.54, 1.807) is 0 Å². The third-order valence-corrected chi connectivity index (χ3v) is 8.24. The molecule has 0 radical (unpaired) electrons. The van der Waals surface area contributed by atoms with Gasteiger partial charge in [-0.2, -0.15) is 13.2 Å². The summed E-state index contributed by atoms with van der Waals surface area (Å²) < 4.78 is 66.5. The molecule has 36 heavy (non-hydrogen) atoms. The van der Waals surface area contributed by atoms with E-state index in [0.717, 1.165) is 63.8 Å². The van der Waals surface area contributed by atoms with Crippen LogP contribution in [0, 0.1) is 5.92 Å². The number of nitrogens with one attached hydrogen (secondary N) is 2. The Kier molecular flexibility index (Phi) is 6.60. The molecule has 2 aliphatic heterocycles. The number of likely N-dealkylation sites (tertiary alicyclic amines) is 1. The first-order valence-corrected chi connectivity index (χ1v) is 13.7. The number of aromatic amines is 1. The monoisotopic (exact) mass is 520 g/mol. The lowest BCUT2D eigenvalue weighted by Gasteiger charge is -2.37. The number of H-pyrrole nitrogens is 1. The number of halogens is 3. The topological polar surface area (TPSA) is 104 Å². The Morgan fingerprint density at radius 1 is 1.06 bits per heavy atom. The average Bonchev–Trinajstić information content (AvgIpc) is 3.35. The normalized spacial score (nSPS) is 18.3. The number of sulfone groups is 1. The molecule has 0 bridgehead atoms. The molecule has 0 aliphatic carbocycles. The van der Waals surface area contributed by atoms with Crippen molar-refractivity contribution in [1.29, 1.82) is 0 Å². The fraction of sp³-hybridized carbons (Fsp3) is 0.458. The van der Waals surface area contributed by atoms with Crippen LogP contribution in [0.25, 0.3) is 22.5 Å². The molecule has 0 spiro atoms. The van der Waals surface area contributed by atoms with Crippen LogP contribution in [-0.4, -0.2) is 72.9 Å². The van der Waals surface area contributed by atoms with E-state index in [4.69, 9.17) is 0 Å². The highest BCUT2D eigenvalue weighted by Crippen LogP contribution is 2.43. The number of hydrogen-bond acceptors (Lipinski definition) is 7. The van der Waals surface area contributed by atoms with Crippen LogP contribution in [0.3, 0.4) is 0 Å². The molecule has 1 aromatic heterocycles. The Labute approximate surface area is 207 Å². The molecule has 2 N–H and O–H groups in total. The second-order valence-electron chi connectivity index (χ2n) is 9.61. The maximum Gasteiger partial charge on any atom is 0.417 e. The SMILES string of the molecule is CS(=O)(=O)c1c(C(F)(F)F)ccc(-c2ccc(C3CCN(CC4CNC4)CC3)cc2)c1-c1nnn[nH]1. The van der Waals surface area contributed by atoms with Gasteiger partial charge in [-0.05, 0) is 71.0 Å². The zero-order valence-corrected chi connectivity index (χ0v) is 20.5. The highest BCUT2D eigenvalue weighted by Gasteiger charge is 2.39. The van der Waals surface area contributed by atoms with Gasteiger partial charge >= 0.3 is 6.18 Å². The van der Waals surface area contributed by atoms with Crippen LogP contribution in [0.4, 0.5) is 13.2 Å². The molecule has 0 atom stereocenters. The largest absolute Gasteiger partial charge is 0.417 e. The summed E-state index contributed by atoms with van der Waals surface area (Å²) in [5.41, 5.74) is 0.614. The minimum atomic E-state index is -4.87. The fourth-order valence-corrected chi connectivity index (χ4v) is 6.32. The first-order chi connectivity index (χ1) is 17.1. The summed E-state index contributed by atoms with van der Waals surface area (Å²) in [5.74, 6) is 1.01. The number of benzene rings is 2. The molecule has 0 amide bonds. The Morgan fingerprint density at radius 2 is 1.75 bits per heavy atom. The Morgan fingerprint density at radius 3 is 2.28 bits per heavy atom. The zero-order chi connectivity index (χ0) is 25.5. The van der Waals surface area contributed by atoms with E-state index in [2.05, 4.69) is 30.8 Å². The van der Waals surface area contributed by atoms with E-state index in [1.807, 2.05) is 24.3 Å². The number of alkyl halides is 3. The van der Waals surface area contributed by atoms with Gasteiger partial charge in [-0.15, -0.1) is 5.10 Å². The van der Waals surface area contributed by atoms with Gasteiger partial charge in [0.2, 0.25) is 0 Å². The van der Waals surface area contributed by atoms with Crippen molar-refractivity contribution in [3.8, 4) is 22.5 Å². The van der Waals surface area contributed by atoms with Crippen molar-refractivity contribution in [3.05, 3.63) is 47.5 Å². The molecule has 8 nitrogen and oxygen atoms in total. The van der Waals surface area contributed by atoms with Crippen molar-refractivity contribution in [2.24, 2.45) is 5.92 Å². The molecule has 3 aromatic rings. The summed E-state index contributed by atoms with van der Waals surface area (Å²) in [4.78, 5) is 1.67. The molecule has 0 unspecified atom stereocenters. The van der Waals surface area contributed by atoms with Crippen molar-refractivity contribution in [1.82, 2.24) is 30.8 Å². The Bertz CT molecular complexity index is 1320. The van der Waals surface area contributed by atoms with E-state index >= 15 is 0 Å². The maximum absolute atomic E-state index is 13.8. The number of aromatic nitrogens is 4. The average molecular weight is 521 g/mol. The molecule has 2 fully saturated rings. The standard InChI is InChI=1S/C24H27F3N6O2S/c1-36(34,35)22-20(24(25,26)27)7-6-19(21(22)23-29-31-32-30-23)18-4-2-16(3-5-18)17-8-10-33(11-9-17)14-15-12-28-13-15/h2-7,15,17,28H,8-14H2,1H3,(H,29,30,31,32). The highest BCUT2D eigenvalue weighted by atomic mass is 32.2. The number of nitrogens with zero attached hydrogens (tertiary/aromatic N) is 4. The second kappa shape index (κ2) is 9.56. The summed E-state index contributed by atoms with van der Waals surface area (Å²) in [6, 6.07) is 9.68. The number of tetrazole rings is 1. The van der Waals surface area contributed by atoms with Gasteiger partial charge < -0.3 is 10.2 Å². The predicted molar refractivity (Wildman–Crippen MR) is 128 cm³/mol. The highest BCUT2D eigenvalue weighted by molar-refractivity contribution is 7.91. The van der Waals surface area contributed by atoms with Crippen LogP contribution in [0.5, 0.6) is 0 Å². The third kappa shape index (κ3) is 5.02. The minimum Gasteiger partial charge on any atom is -0.316 e. The first kappa shape index (κ1) is 24.8. The van der Waals surface area contributed by atoms with E-state index in [-0.39, 0.29) is 11.4 Å². The van der Waals surface area contributed by atoms with Crippen molar-refractivity contribution >= 4 is 9.84 Å². The van der Waals surface area contributed by atoms with Gasteiger partial charge in [0.05, 0.1) is 10.5 Å². The molecule has 0 saturated carbocycles. The van der Waals surface area contributed by atoms with E-state index < -0.39 is 26.5 Å². The molecule has 12 heteroatoms. The van der Waals surface area contributed by atoms with Gasteiger partial charge in [0.25, 0.3) is 0 Å². The van der Waals surface area contributed by atoms with Gasteiger partial charge in [-0.1, -0.05) is 30.3 Å². The van der Waals surface area contributed by atoms with Crippen LogP contribution in [0.1, 0.15) is 29.9 Å². The van der Waals surface area contributed by atoms with Gasteiger partial charge in [0.1, 0.15) is 0 Å². The summed E-state index contributed by atoms with van der Waals surface area (Å²) in [6.07, 6.45) is -2.02. The van der Waals surface area contributed by atoms with Crippen molar-refractivity contribution in [2.75, 3.05) is 39.0 Å². The zero-order valence-electron chi connectivity index (χ0n) is 19.7. The van der Waals surface area contributed by atoms with Crippen LogP contribution < -0.4 is 5.32 Å². The summed E-state index contributed by atoms with van der Waals surface area (Å²) in [5, 5.41) is 16.4. The summed E-state index contributed by atoms with van der Waals surface area (Å²) in [7, 11) is -4.29. The maximum atomic E-state index is 13.8. The number of rotatable bonds is 6. The van der Waals surface area contributed by atoms with E-state index in [1.165, 1.54) is 11.6 Å². The predicted octanol–water partition coefficient (Wildman–Crippen LogP) is 3.35. The van der Waals surface area contributed by atoms with Crippen molar-refractivity contribution in [2.45, 2.75) is 29.8 Å². The first-order valence-electron chi connectivity index (χ1n) is 11.8. The Balaban J connectivity index is 1.46. The summed E-state index contributed by atoms with van der Waals surface area (Å²) >= 11 is 0. The van der Waals surface area contributed by atoms with Gasteiger partial charge in [-0.3, -0.25) is 0 Å². The second-order valence-corrected chi connectivity index (χ2v) is 11.6. The molecular formula is C24H27F3N6O2S. The number of hydrogen-bond donors (Lipinski definition) is 2. The smallest absolute Gasteiger partial charge is 0.316 e. The van der Waals surface area contributed by atoms with Crippen molar-refractivity contribution in [3.63, 3.8) is 0 Å². The Hall–Kier alpha value is -2.83. The fourth-order valence-electron chi connectivity index (χ4n) is 5.16. The number of piperidine rings is 1. The van der Waals surface area contributed by atoms with Crippen LogP contribution in [0.2, 0.25) is 0 Å². The molecule has 5 rings (SSSR count). The van der Waals surface area contributed by atoms with Crippen molar-refractivity contribution < 1.29 is 21.6 Å². The van der Waals surface area contributed by atoms with Gasteiger partial charge in [-0.25, -0.2) is 13.5 Å². The molecule has 3 heterocycles. The molecule has 2 saturated heterocycles. The summed E-state index contributed by atoms with van der Waals surface area (Å²) in [6.45, 7) is 5.41. The molecule has 2 aliphatic rings. The molecular weight excluding hydrogens is 493 g/mol. The molecule has 2 aromatic carbocycles. The van der Waals surface area contributed by atoms with Crippen LogP contribution in [-0.2, 0) is 16.0 Å².